The third kappa shape index (κ3) is 33.3. The molecular formula is C123H147N9O14S3. The second-order valence-corrected chi connectivity index (χ2v) is 46.3. The van der Waals surface area contributed by atoms with E-state index in [9.17, 15) is 58.5 Å². The van der Waals surface area contributed by atoms with Gasteiger partial charge in [-0.05, 0) is 180 Å². The van der Waals surface area contributed by atoms with Crippen molar-refractivity contribution in [3.05, 3.63) is 271 Å². The maximum atomic E-state index is 13.8. The minimum absolute atomic E-state index is 0.0602. The van der Waals surface area contributed by atoms with E-state index in [1.54, 1.807) is 14.7 Å². The van der Waals surface area contributed by atoms with Crippen LogP contribution < -0.4 is 9.47 Å². The number of carbonyl (C=O) groups is 9. The molecule has 3 fully saturated rings. The van der Waals surface area contributed by atoms with Crippen LogP contribution in [0.3, 0.4) is 0 Å². The molecule has 0 aliphatic carbocycles. The molecule has 0 radical (unpaired) electrons. The number of hydrogen-bond donors (Lipinski definition) is 3. The first kappa shape index (κ1) is 113. The number of ether oxygens (including phenoxy) is 2. The number of benzene rings is 6. The highest BCUT2D eigenvalue weighted by molar-refractivity contribution is 7.15. The number of aromatic nitrogens is 6. The molecule has 6 aromatic heterocycles. The Morgan fingerprint density at radius 3 is 0.819 bits per heavy atom. The van der Waals surface area contributed by atoms with Crippen molar-refractivity contribution in [2.45, 2.75) is 260 Å². The van der Waals surface area contributed by atoms with E-state index in [4.69, 9.17) is 9.47 Å². The van der Waals surface area contributed by atoms with Gasteiger partial charge in [-0.3, -0.25) is 43.2 Å². The molecule has 26 heteroatoms. The number of ketones is 3. The van der Waals surface area contributed by atoms with Gasteiger partial charge in [-0.1, -0.05) is 281 Å². The zero-order valence-corrected chi connectivity index (χ0v) is 91.1. The molecule has 0 bridgehead atoms. The third-order valence-electron chi connectivity index (χ3n) is 28.1. The molecule has 149 heavy (non-hydrogen) atoms. The molecule has 3 amide bonds. The zero-order valence-electron chi connectivity index (χ0n) is 88.7. The van der Waals surface area contributed by atoms with Gasteiger partial charge in [0.1, 0.15) is 11.5 Å². The Morgan fingerprint density at radius 1 is 0.309 bits per heavy atom. The second kappa shape index (κ2) is 54.5. The average molecular weight is 2070 g/mol. The molecule has 6 aromatic carbocycles. The number of carboxylic acids is 3. The molecule has 23 nitrogen and oxygen atoms in total. The standard InChI is InChI=1S/C42H51N3O5S.C41H49N3O4S.C40H47N3O5S/c1-5-6-7-8-9-10-23-50-35-17-15-30(16-18-35)34-26-43-39(44-27-34)31-13-11-29(12-14-31)24-33(40(47)45-22-21-32(28-45)41(48)49)25-36(46)37-19-20-38(51-37)42(2,3)4;1-5-6-7-8-9-10-28-11-15-30(16-12-28)34-25-42-38(43-26-34)31-17-13-29(14-18-31)23-33(39(46)44-22-21-32(27-44)40(47)48)24-35(45)36-19-20-37(49-36)41(2,3)4;1-5-6-7-8-21-48-33-15-13-28(14-16-33)32-24-41-37(42-25-32)29-11-9-27(10-12-29)22-31(38(45)43-20-19-30(26-43)39(46)47)23-34(44)35-17-18-36(49-35)40(2,3)4/h11-20,26-27,32-33H,5-10,21-25,28H2,1-4H3,(H,48,49);11-20,25-26,32-33H,5-10,21-24,27H2,1-4H3,(H,47,48);9-18,24-25,30-31H,5-8,19-23,26H2,1-4H3,(H,46,47)/t2*32-,33+;30-,31+/m000/s1. The summed E-state index contributed by atoms with van der Waals surface area (Å²) in [5.74, 6) is -3.33. The largest absolute Gasteiger partial charge is 0.494 e. The summed E-state index contributed by atoms with van der Waals surface area (Å²) in [4.78, 5) is 154. The molecule has 15 rings (SSSR count). The minimum atomic E-state index is -0.891. The Balaban J connectivity index is 0.000000186. The van der Waals surface area contributed by atoms with Crippen molar-refractivity contribution < 1.29 is 67.9 Å². The first-order valence-electron chi connectivity index (χ1n) is 53.3. The first-order chi connectivity index (χ1) is 71.5. The molecule has 9 heterocycles. The van der Waals surface area contributed by atoms with Crippen LogP contribution in [0.2, 0.25) is 0 Å². The zero-order chi connectivity index (χ0) is 106. The number of amides is 3. The number of unbranched alkanes of at least 4 members (excludes halogenated alkanes) is 12. The van der Waals surface area contributed by atoms with E-state index in [-0.39, 0.29) is 90.2 Å². The Bertz CT molecular complexity index is 6130. The maximum absolute atomic E-state index is 13.8. The molecule has 0 unspecified atom stereocenters. The molecule has 786 valence electrons. The van der Waals surface area contributed by atoms with E-state index < -0.39 is 53.4 Å². The Hall–Kier alpha value is -12.9. The second-order valence-electron chi connectivity index (χ2n) is 43.1. The molecule has 3 N–H and O–H groups in total. The Labute approximate surface area is 891 Å². The van der Waals surface area contributed by atoms with E-state index in [2.05, 4.69) is 137 Å². The van der Waals surface area contributed by atoms with Crippen LogP contribution in [0, 0.1) is 35.5 Å². The van der Waals surface area contributed by atoms with Crippen molar-refractivity contribution >= 4 is 87.0 Å². The van der Waals surface area contributed by atoms with Gasteiger partial charge in [0.05, 0.1) is 45.6 Å². The lowest BCUT2D eigenvalue weighted by Gasteiger charge is -2.23. The van der Waals surface area contributed by atoms with Gasteiger partial charge in [-0.15, -0.1) is 34.0 Å². The maximum Gasteiger partial charge on any atom is 0.308 e. The lowest BCUT2D eigenvalue weighted by molar-refractivity contribution is -0.143. The van der Waals surface area contributed by atoms with Gasteiger partial charge in [0.15, 0.2) is 34.8 Å². The molecular weight excluding hydrogens is 1920 g/mol. The van der Waals surface area contributed by atoms with Gasteiger partial charge in [0.25, 0.3) is 0 Å². The fourth-order valence-electron chi connectivity index (χ4n) is 18.8. The first-order valence-corrected chi connectivity index (χ1v) is 55.7. The van der Waals surface area contributed by atoms with Gasteiger partial charge in [-0.2, -0.15) is 0 Å². The molecule has 0 saturated carbocycles. The van der Waals surface area contributed by atoms with Crippen LogP contribution in [0.15, 0.2) is 219 Å². The Kier molecular flexibility index (Phi) is 41.4. The average Bonchev–Trinajstić information content (AvgIpc) is 1.79. The van der Waals surface area contributed by atoms with Crippen molar-refractivity contribution in [1.29, 1.82) is 0 Å². The highest BCUT2D eigenvalue weighted by Gasteiger charge is 2.40. The third-order valence-corrected chi connectivity index (χ3v) is 32.7. The van der Waals surface area contributed by atoms with Gasteiger partial charge >= 0.3 is 17.9 Å². The molecule has 0 spiro atoms. The molecule has 3 aliphatic heterocycles. The van der Waals surface area contributed by atoms with Crippen molar-refractivity contribution in [3.8, 4) is 79.0 Å². The van der Waals surface area contributed by atoms with Crippen LogP contribution >= 0.6 is 34.0 Å². The molecule has 3 saturated heterocycles. The molecule has 12 aromatic rings. The van der Waals surface area contributed by atoms with Crippen molar-refractivity contribution in [2.75, 3.05) is 52.5 Å². The van der Waals surface area contributed by atoms with Crippen LogP contribution in [0.1, 0.15) is 284 Å². The van der Waals surface area contributed by atoms with E-state index in [0.29, 0.717) is 90.3 Å². The van der Waals surface area contributed by atoms with Crippen LogP contribution in [0.5, 0.6) is 11.5 Å². The predicted molar refractivity (Wildman–Crippen MR) is 594 cm³/mol. The number of hydrogen-bond acceptors (Lipinski definition) is 20. The summed E-state index contributed by atoms with van der Waals surface area (Å²) in [5.41, 5.74) is 12.4. The summed E-state index contributed by atoms with van der Waals surface area (Å²) in [6.45, 7) is 28.8. The van der Waals surface area contributed by atoms with Crippen LogP contribution in [-0.2, 0) is 70.7 Å². The molecule has 6 atom stereocenters. The lowest BCUT2D eigenvalue weighted by atomic mass is 9.92. The number of carbonyl (C=O) groups excluding carboxylic acids is 6. The summed E-state index contributed by atoms with van der Waals surface area (Å²) in [5, 5.41) is 28.5. The summed E-state index contributed by atoms with van der Waals surface area (Å²) in [6.07, 6.45) is 33.2. The van der Waals surface area contributed by atoms with Crippen molar-refractivity contribution in [2.24, 2.45) is 35.5 Å². The van der Waals surface area contributed by atoms with Crippen molar-refractivity contribution in [1.82, 2.24) is 44.6 Å². The van der Waals surface area contributed by atoms with Gasteiger partial charge in [0.2, 0.25) is 17.7 Å². The predicted octanol–water partition coefficient (Wildman–Crippen LogP) is 26.8. The highest BCUT2D eigenvalue weighted by atomic mass is 32.1. The number of carboxylic acid groups (broad SMARTS) is 3. The highest BCUT2D eigenvalue weighted by Crippen LogP contribution is 2.39. The van der Waals surface area contributed by atoms with Gasteiger partial charge < -0.3 is 39.5 Å². The normalized spacial score (nSPS) is 15.2. The van der Waals surface area contributed by atoms with E-state index in [1.165, 1.54) is 123 Å². The smallest absolute Gasteiger partial charge is 0.308 e. The summed E-state index contributed by atoms with van der Waals surface area (Å²) in [7, 11) is 0. The fourth-order valence-corrected chi connectivity index (χ4v) is 21.9. The monoisotopic (exact) mass is 2070 g/mol. The van der Waals surface area contributed by atoms with Crippen LogP contribution in [-0.4, -0.2) is 165 Å². The SMILES string of the molecule is CCCCCCCCOc1ccc(-c2cnc(-c3ccc(C[C@H](CC(=O)c4ccc(C(C)(C)C)s4)C(=O)N4CC[C@H](C(=O)O)C4)cc3)nc2)cc1.CCCCCCCc1ccc(-c2cnc(-c3ccc(C[C@H](CC(=O)c4ccc(C(C)(C)C)s4)C(=O)N4CC[C@H](C(=O)O)C4)cc3)nc2)cc1.CCCCCCOc1ccc(-c2cnc(-c3ccc(C[C@H](CC(=O)c4ccc(C(C)(C)C)s4)C(=O)N4CC[C@H](C(=O)O)C4)cc3)nc2)cc1. The van der Waals surface area contributed by atoms with Gasteiger partial charge in [-0.25, -0.2) is 29.9 Å². The fraction of sp³-hybridized carbons (Fsp3) is 0.439. The number of rotatable bonds is 47. The topological polar surface area (TPSA) is 320 Å². The van der Waals surface area contributed by atoms with Crippen LogP contribution in [0.4, 0.5) is 0 Å². The number of Topliss-reactive ketones (excluding diaryl/α,β-unsaturated/α-hetero) is 3. The lowest BCUT2D eigenvalue weighted by Crippen LogP contribution is -2.37. The summed E-state index contributed by atoms with van der Waals surface area (Å²) in [6, 6.07) is 59.6. The quantitative estimate of drug-likeness (QED) is 0.0236. The Morgan fingerprint density at radius 2 is 0.557 bits per heavy atom. The summed E-state index contributed by atoms with van der Waals surface area (Å²) < 4.78 is 11.8. The molecule has 3 aliphatic rings. The number of nitrogens with zero attached hydrogens (tertiary/aromatic N) is 9. The number of aliphatic carboxylic acids is 3. The van der Waals surface area contributed by atoms with Gasteiger partial charge in [0, 0.05) is 161 Å². The van der Waals surface area contributed by atoms with E-state index >= 15 is 0 Å². The van der Waals surface area contributed by atoms with E-state index in [1.807, 2.05) is 195 Å². The number of aryl methyl sites for hydroxylation is 1. The number of thiophene rings is 3. The minimum Gasteiger partial charge on any atom is -0.494 e. The van der Waals surface area contributed by atoms with E-state index in [0.717, 1.165) is 125 Å². The van der Waals surface area contributed by atoms with Crippen LogP contribution in [0.25, 0.3) is 67.5 Å². The van der Waals surface area contributed by atoms with Crippen molar-refractivity contribution in [3.63, 3.8) is 0 Å². The number of likely N-dealkylation sites (tertiary alicyclic amines) is 3. The summed E-state index contributed by atoms with van der Waals surface area (Å²) >= 11 is 4.44.